The van der Waals surface area contributed by atoms with E-state index in [1.54, 1.807) is 0 Å². The number of hydrogen-bond acceptors (Lipinski definition) is 6. The highest BCUT2D eigenvalue weighted by atomic mass is 35.5. The van der Waals surface area contributed by atoms with Crippen LogP contribution in [0.25, 0.3) is 11.0 Å². The van der Waals surface area contributed by atoms with Crippen LogP contribution in [-0.4, -0.2) is 41.7 Å². The van der Waals surface area contributed by atoms with Gasteiger partial charge in [0.1, 0.15) is 0 Å². The van der Waals surface area contributed by atoms with E-state index in [0.29, 0.717) is 34.4 Å². The summed E-state index contributed by atoms with van der Waals surface area (Å²) >= 11 is 11.5. The van der Waals surface area contributed by atoms with E-state index in [9.17, 15) is 0 Å². The summed E-state index contributed by atoms with van der Waals surface area (Å²) in [5, 5.41) is 15.5. The molecule has 1 aromatic heterocycles. The number of nitrogens with zero attached hydrogens (tertiary/aromatic N) is 3. The molecular weight excluding hydrogens is 386 g/mol. The number of hydrogen-bond donors (Lipinski definition) is 2. The molecule has 0 spiro atoms. The highest BCUT2D eigenvalue weighted by Crippen LogP contribution is 2.30. The van der Waals surface area contributed by atoms with Crippen LogP contribution >= 0.6 is 23.8 Å². The Bertz CT molecular complexity index is 987. The first-order chi connectivity index (χ1) is 13.1. The van der Waals surface area contributed by atoms with E-state index < -0.39 is 0 Å². The lowest BCUT2D eigenvalue weighted by Gasteiger charge is -2.28. The number of aromatic nitrogens is 2. The largest absolute Gasteiger partial charge is 0.378 e. The van der Waals surface area contributed by atoms with E-state index in [1.807, 2.05) is 37.3 Å². The molecule has 0 atom stereocenters. The number of fused-ring (bicyclic) bond motifs is 1. The van der Waals surface area contributed by atoms with Gasteiger partial charge < -0.3 is 20.3 Å². The highest BCUT2D eigenvalue weighted by molar-refractivity contribution is 7.80. The zero-order chi connectivity index (χ0) is 18.8. The fourth-order valence-corrected chi connectivity index (χ4v) is 3.41. The fourth-order valence-electron chi connectivity index (χ4n) is 3.02. The van der Waals surface area contributed by atoms with Gasteiger partial charge in [-0.15, -0.1) is 0 Å². The molecule has 2 heterocycles. The summed E-state index contributed by atoms with van der Waals surface area (Å²) in [7, 11) is 0. The summed E-state index contributed by atoms with van der Waals surface area (Å²) in [6.45, 7) is 4.99. The van der Waals surface area contributed by atoms with Crippen LogP contribution in [0.4, 0.5) is 17.1 Å². The van der Waals surface area contributed by atoms with Crippen LogP contribution < -0.4 is 15.5 Å². The molecule has 2 N–H and O–H groups in total. The van der Waals surface area contributed by atoms with Crippen LogP contribution in [0.1, 0.15) is 5.56 Å². The second-order valence-corrected chi connectivity index (χ2v) is 7.08. The van der Waals surface area contributed by atoms with E-state index in [4.69, 9.17) is 33.2 Å². The molecular formula is C18H18ClN5O2S. The first kappa shape index (κ1) is 18.0. The lowest BCUT2D eigenvalue weighted by atomic mass is 10.2. The van der Waals surface area contributed by atoms with Crippen molar-refractivity contribution in [1.82, 2.24) is 10.3 Å². The summed E-state index contributed by atoms with van der Waals surface area (Å²) in [5.74, 6) is 0. The molecule has 4 rings (SSSR count). The van der Waals surface area contributed by atoms with Gasteiger partial charge in [0.05, 0.1) is 24.6 Å². The second-order valence-electron chi connectivity index (χ2n) is 6.23. The van der Waals surface area contributed by atoms with Gasteiger partial charge in [0.25, 0.3) is 0 Å². The number of halogens is 1. The molecule has 1 fully saturated rings. The van der Waals surface area contributed by atoms with Crippen LogP contribution in [-0.2, 0) is 4.74 Å². The van der Waals surface area contributed by atoms with Gasteiger partial charge in [-0.3, -0.25) is 0 Å². The molecule has 0 amide bonds. The van der Waals surface area contributed by atoms with Gasteiger partial charge >= 0.3 is 0 Å². The molecule has 0 bridgehead atoms. The maximum Gasteiger partial charge on any atom is 0.175 e. The average molecular weight is 404 g/mol. The number of benzene rings is 2. The Morgan fingerprint density at radius 2 is 1.81 bits per heavy atom. The number of aryl methyl sites for hydroxylation is 1. The normalized spacial score (nSPS) is 14.4. The Balaban J connectivity index is 1.56. The molecule has 9 heteroatoms. The Morgan fingerprint density at radius 3 is 2.63 bits per heavy atom. The molecule has 1 saturated heterocycles. The van der Waals surface area contributed by atoms with Crippen molar-refractivity contribution < 1.29 is 9.37 Å². The van der Waals surface area contributed by atoms with Gasteiger partial charge in [0, 0.05) is 23.8 Å². The first-order valence-electron chi connectivity index (χ1n) is 8.54. The molecule has 3 aromatic rings. The number of thiocarbonyl (C=S) groups is 1. The van der Waals surface area contributed by atoms with Crippen LogP contribution in [0.15, 0.2) is 35.0 Å². The summed E-state index contributed by atoms with van der Waals surface area (Å²) in [4.78, 5) is 2.21. The summed E-state index contributed by atoms with van der Waals surface area (Å²) in [6, 6.07) is 9.53. The summed E-state index contributed by atoms with van der Waals surface area (Å²) in [6.07, 6.45) is 0. The van der Waals surface area contributed by atoms with Crippen molar-refractivity contribution in [3.05, 3.63) is 40.9 Å². The van der Waals surface area contributed by atoms with Crippen molar-refractivity contribution in [3.63, 3.8) is 0 Å². The summed E-state index contributed by atoms with van der Waals surface area (Å²) < 4.78 is 10.4. The Kier molecular flexibility index (Phi) is 5.11. The van der Waals surface area contributed by atoms with Crippen LogP contribution in [0.5, 0.6) is 0 Å². The molecule has 0 aliphatic carbocycles. The lowest BCUT2D eigenvalue weighted by molar-refractivity contribution is 0.123. The third-order valence-electron chi connectivity index (χ3n) is 4.44. The number of rotatable bonds is 3. The average Bonchev–Trinajstić information content (AvgIpc) is 3.16. The van der Waals surface area contributed by atoms with Gasteiger partial charge in [-0.2, -0.15) is 0 Å². The summed E-state index contributed by atoms with van der Waals surface area (Å²) in [5.41, 5.74) is 4.92. The zero-order valence-electron chi connectivity index (χ0n) is 14.7. The topological polar surface area (TPSA) is 75.5 Å². The Labute approximate surface area is 166 Å². The molecule has 140 valence electrons. The standard InChI is InChI=1S/C18H18ClN5O2S/c1-11-2-3-12(19)10-14(11)21-18(27)20-13-4-5-15(17-16(13)22-26-23-17)24-6-8-25-9-7-24/h2-5,10H,6-9H2,1H3,(H2,20,21,27). The predicted molar refractivity (Wildman–Crippen MR) is 111 cm³/mol. The van der Waals surface area contributed by atoms with Crippen molar-refractivity contribution in [2.24, 2.45) is 0 Å². The molecule has 0 saturated carbocycles. The van der Waals surface area contributed by atoms with Crippen molar-refractivity contribution >= 4 is 57.0 Å². The number of morpholine rings is 1. The molecule has 0 radical (unpaired) electrons. The first-order valence-corrected chi connectivity index (χ1v) is 9.32. The lowest BCUT2D eigenvalue weighted by Crippen LogP contribution is -2.36. The van der Waals surface area contributed by atoms with Gasteiger partial charge in [0.2, 0.25) is 0 Å². The third-order valence-corrected chi connectivity index (χ3v) is 4.88. The van der Waals surface area contributed by atoms with Crippen LogP contribution in [0.2, 0.25) is 5.02 Å². The van der Waals surface area contributed by atoms with E-state index in [0.717, 1.165) is 35.7 Å². The SMILES string of the molecule is Cc1ccc(Cl)cc1NC(=S)Nc1ccc(N2CCOCC2)c2nonc12. The molecule has 27 heavy (non-hydrogen) atoms. The minimum atomic E-state index is 0.434. The molecule has 0 unspecified atom stereocenters. The molecule has 1 aliphatic heterocycles. The van der Waals surface area contributed by atoms with E-state index in [-0.39, 0.29) is 0 Å². The van der Waals surface area contributed by atoms with Gasteiger partial charge in [-0.25, -0.2) is 4.63 Å². The number of anilines is 3. The van der Waals surface area contributed by atoms with Crippen molar-refractivity contribution in [2.45, 2.75) is 6.92 Å². The van der Waals surface area contributed by atoms with E-state index in [1.165, 1.54) is 0 Å². The Hall–Kier alpha value is -2.42. The smallest absolute Gasteiger partial charge is 0.175 e. The fraction of sp³-hybridized carbons (Fsp3) is 0.278. The predicted octanol–water partition coefficient (Wildman–Crippen LogP) is 3.83. The third kappa shape index (κ3) is 3.83. The molecule has 7 nitrogen and oxygen atoms in total. The van der Waals surface area contributed by atoms with Gasteiger partial charge in [-0.05, 0) is 59.3 Å². The maximum atomic E-state index is 6.07. The van der Waals surface area contributed by atoms with Crippen LogP contribution in [0.3, 0.4) is 0 Å². The van der Waals surface area contributed by atoms with E-state index in [2.05, 4.69) is 25.8 Å². The number of ether oxygens (including phenoxy) is 1. The van der Waals surface area contributed by atoms with Crippen LogP contribution in [0, 0.1) is 6.92 Å². The zero-order valence-corrected chi connectivity index (χ0v) is 16.2. The van der Waals surface area contributed by atoms with Crippen molar-refractivity contribution in [1.29, 1.82) is 0 Å². The number of nitrogens with one attached hydrogen (secondary N) is 2. The maximum absolute atomic E-state index is 6.07. The Morgan fingerprint density at radius 1 is 1.07 bits per heavy atom. The molecule has 1 aliphatic rings. The molecule has 2 aromatic carbocycles. The van der Waals surface area contributed by atoms with E-state index >= 15 is 0 Å². The van der Waals surface area contributed by atoms with Crippen molar-refractivity contribution in [2.75, 3.05) is 41.8 Å². The minimum Gasteiger partial charge on any atom is -0.378 e. The van der Waals surface area contributed by atoms with Crippen molar-refractivity contribution in [3.8, 4) is 0 Å². The second kappa shape index (κ2) is 7.67. The van der Waals surface area contributed by atoms with Gasteiger partial charge in [0.15, 0.2) is 16.1 Å². The highest BCUT2D eigenvalue weighted by Gasteiger charge is 2.19. The minimum absolute atomic E-state index is 0.434. The monoisotopic (exact) mass is 403 g/mol. The quantitative estimate of drug-likeness (QED) is 0.639. The van der Waals surface area contributed by atoms with Gasteiger partial charge in [-0.1, -0.05) is 17.7 Å².